The van der Waals surface area contributed by atoms with Gasteiger partial charge in [-0.1, -0.05) is 53.2 Å². The zero-order chi connectivity index (χ0) is 100. The van der Waals surface area contributed by atoms with Crippen LogP contribution in [0.1, 0.15) is 127 Å². The molecule has 5 aliphatic carbocycles. The number of rotatable bonds is 26. The van der Waals surface area contributed by atoms with Crippen molar-refractivity contribution in [2.45, 2.75) is 397 Å². The van der Waals surface area contributed by atoms with Crippen molar-refractivity contribution in [3.05, 3.63) is 23.8 Å². The summed E-state index contributed by atoms with van der Waals surface area (Å²) in [5.41, 5.74) is -6.57. The third kappa shape index (κ3) is 19.8. The Hall–Kier alpha value is -4.86. The molecule has 0 aromatic heterocycles. The molecule has 15 rings (SSSR count). The van der Waals surface area contributed by atoms with Crippen LogP contribution in [0.2, 0.25) is 0 Å². The van der Waals surface area contributed by atoms with Gasteiger partial charge in [-0.15, -0.1) is 0 Å². The molecular formula is C89H136N2O47. The fourth-order valence-electron chi connectivity index (χ4n) is 24.4. The SMILES string of the molecule is CC(=O)OC1C(C)OC(OC2C(C)OC(OC(=O)[C@@]3(O)C[C@]4(C)C(=CCC5[C@@]6(C)CC[C@H](OC7OC(C(=O)NCCN8C(=O)C=CC8=O)C(O)C(OC8OCC(O)C(O)C8O)C7OC7OC(CO)C(O)C(O)C7O)[C@@](C)(C=O)C6CC[C@]54C)C4CC(C)(C)CCC43)C(OC3OC(C)C(OC4OCC(O)C(OC5OC(CO)C(O)C(O)C5O)C4O)C(O)C3O)C2O)C(O)C1OC1OCC(O)C(O)C1O. The molecule has 0 aromatic rings. The summed E-state index contributed by atoms with van der Waals surface area (Å²) in [5.74, 6) is -7.23. The van der Waals surface area contributed by atoms with Crippen LogP contribution in [0.15, 0.2) is 23.8 Å². The first-order valence-corrected chi connectivity index (χ1v) is 47.2. The van der Waals surface area contributed by atoms with E-state index in [4.69, 9.17) is 90.0 Å². The highest BCUT2D eigenvalue weighted by Crippen LogP contribution is 2.76. The van der Waals surface area contributed by atoms with Crippen molar-refractivity contribution < 1.29 is 231 Å². The number of nitrogens with one attached hydrogen (secondary N) is 1. The van der Waals surface area contributed by atoms with Crippen LogP contribution in [0.5, 0.6) is 0 Å². The number of imide groups is 1. The van der Waals surface area contributed by atoms with Gasteiger partial charge in [-0.05, 0) is 118 Å². The number of hydrogen-bond acceptors (Lipinski definition) is 47. The van der Waals surface area contributed by atoms with E-state index in [2.05, 4.69) is 32.2 Å². The molecule has 0 aromatic carbocycles. The number of hydrogen-bond donors (Lipinski definition) is 23. The second-order valence-electron chi connectivity index (χ2n) is 41.5. The molecule has 10 heterocycles. The van der Waals surface area contributed by atoms with Crippen molar-refractivity contribution in [3.63, 3.8) is 0 Å². The van der Waals surface area contributed by atoms with E-state index >= 15 is 4.79 Å². The van der Waals surface area contributed by atoms with Gasteiger partial charge in [0.25, 0.3) is 17.7 Å². The molecule has 0 spiro atoms. The number of aldehydes is 1. The molecule has 10 aliphatic heterocycles. The maximum Gasteiger partial charge on any atom is 0.340 e. The number of aliphatic hydroxyl groups excluding tert-OH is 21. The quantitative estimate of drug-likeness (QED) is 0.0126. The second kappa shape index (κ2) is 41.8. The summed E-state index contributed by atoms with van der Waals surface area (Å²) >= 11 is 0. The normalized spacial score (nSPS) is 51.9. The fraction of sp³-hybridized carbons (Fsp3) is 0.888. The van der Waals surface area contributed by atoms with Gasteiger partial charge in [-0.25, -0.2) is 4.79 Å². The molecule has 9 saturated heterocycles. The minimum absolute atomic E-state index is 0.0236. The summed E-state index contributed by atoms with van der Waals surface area (Å²) in [6.45, 7) is 12.5. The monoisotopic (exact) mass is 1980 g/mol. The van der Waals surface area contributed by atoms with Crippen molar-refractivity contribution >= 4 is 35.9 Å². The van der Waals surface area contributed by atoms with Crippen LogP contribution in [0.25, 0.3) is 0 Å². The first-order chi connectivity index (χ1) is 64.9. The molecule has 784 valence electrons. The molecule has 49 heteroatoms. The van der Waals surface area contributed by atoms with Crippen LogP contribution in [-0.2, 0) is 119 Å². The Kier molecular flexibility index (Phi) is 32.5. The number of nitrogens with zero attached hydrogens (tertiary/aromatic N) is 1. The van der Waals surface area contributed by atoms with Gasteiger partial charge in [0, 0.05) is 38.1 Å². The number of amides is 3. The Bertz CT molecular complexity index is 4290. The van der Waals surface area contributed by atoms with Gasteiger partial charge in [0.15, 0.2) is 74.2 Å². The van der Waals surface area contributed by atoms with Gasteiger partial charge in [0.05, 0.1) is 62.9 Å². The van der Waals surface area contributed by atoms with E-state index in [1.165, 1.54) is 20.8 Å². The Morgan fingerprint density at radius 2 is 0.935 bits per heavy atom. The zero-order valence-corrected chi connectivity index (χ0v) is 77.8. The van der Waals surface area contributed by atoms with Crippen LogP contribution in [0.4, 0.5) is 0 Å². The number of carbonyl (C=O) groups is 6. The number of allylic oxidation sites excluding steroid dienone is 2. The predicted molar refractivity (Wildman–Crippen MR) is 447 cm³/mol. The average Bonchev–Trinajstić information content (AvgIpc) is 0.934. The third-order valence-corrected chi connectivity index (χ3v) is 32.3. The van der Waals surface area contributed by atoms with E-state index in [1.54, 1.807) is 6.92 Å². The van der Waals surface area contributed by atoms with Crippen molar-refractivity contribution in [2.24, 2.45) is 50.7 Å². The second-order valence-corrected chi connectivity index (χ2v) is 41.5. The molecule has 13 fully saturated rings. The number of aliphatic hydroxyl groups is 22. The van der Waals surface area contributed by atoms with Crippen LogP contribution in [0, 0.1) is 50.7 Å². The van der Waals surface area contributed by atoms with Crippen molar-refractivity contribution in [2.75, 3.05) is 46.1 Å². The largest absolute Gasteiger partial charge is 0.457 e. The Labute approximate surface area is 791 Å². The molecular weight excluding hydrogens is 1850 g/mol. The van der Waals surface area contributed by atoms with E-state index in [0.29, 0.717) is 19.3 Å². The number of esters is 2. The number of fused-ring (bicyclic) bond motifs is 7. The van der Waals surface area contributed by atoms with Crippen LogP contribution >= 0.6 is 0 Å². The number of ether oxygens (including phenoxy) is 19. The standard InChI is InChI=1S/C89H136N2O47/c1-31-64(130-76-62(115)67(40(98)28-122-76)132-78-57(110)52(105)50(103)41(24-92)127-78)54(107)59(112)77(123-31)136-71-60(113)65(131-80-63(116)69(66(33(3)124-80)126-34(4)95)134-75-56(109)49(102)39(97)27-121-75)32(2)125-81(71)138-83(118)89(119)29-88(10)36(35-23-84(5,6)18-15-37(35)89)11-12-44-85(7)19-17-45(86(8,30-94)43(85)16-20-87(44,88)9)129-82-72(137-79-58(111)53(106)51(104)42(25-93)128-79)68(133-74-55(108)48(101)38(96)26-120-74)61(114)70(135-82)73(117)90-21-22-91-46(99)13-14-47(91)100/h11,13-14,30-33,35,37-45,48-72,74-82,92-93,96-98,101-116,119H,12,15-29H2,1-10H3,(H,90,117)/t31?,32?,33?,35?,37?,38?,39?,40?,41?,42?,43?,44?,45-,48?,49?,50?,51?,52?,53?,54?,55?,56?,57?,58?,59?,60?,61?,62?,63?,64?,65?,66?,67?,68?,69?,70?,71?,72?,74?,75?,76?,77?,78?,79?,80?,81?,82?,85-,86-,87+,88+,89+/m0/s1. The zero-order valence-electron chi connectivity index (χ0n) is 77.8. The smallest absolute Gasteiger partial charge is 0.340 e. The first-order valence-electron chi connectivity index (χ1n) is 47.2. The summed E-state index contributed by atoms with van der Waals surface area (Å²) in [6, 6.07) is 0. The van der Waals surface area contributed by atoms with E-state index in [9.17, 15) is 136 Å². The Morgan fingerprint density at radius 1 is 0.464 bits per heavy atom. The molecule has 4 saturated carbocycles. The molecule has 3 amide bonds. The minimum atomic E-state index is -2.50. The van der Waals surface area contributed by atoms with E-state index in [-0.39, 0.29) is 45.1 Å². The molecule has 0 radical (unpaired) electrons. The Balaban J connectivity index is 0.720. The van der Waals surface area contributed by atoms with E-state index < -0.39 is 390 Å². The maximum absolute atomic E-state index is 16.4. The lowest BCUT2D eigenvalue weighted by Gasteiger charge is -2.71. The molecule has 23 N–H and O–H groups in total. The van der Waals surface area contributed by atoms with Crippen molar-refractivity contribution in [3.8, 4) is 0 Å². The highest BCUT2D eigenvalue weighted by atomic mass is 16.8. The molecule has 138 heavy (non-hydrogen) atoms. The predicted octanol–water partition coefficient (Wildman–Crippen LogP) is -10.1. The molecule has 46 unspecified atom stereocenters. The highest BCUT2D eigenvalue weighted by molar-refractivity contribution is 6.12. The van der Waals surface area contributed by atoms with Crippen LogP contribution in [0.3, 0.4) is 0 Å². The highest BCUT2D eigenvalue weighted by Gasteiger charge is 2.74. The summed E-state index contributed by atoms with van der Waals surface area (Å²) in [7, 11) is 0. The van der Waals surface area contributed by atoms with Gasteiger partial charge in [-0.3, -0.25) is 24.1 Å². The van der Waals surface area contributed by atoms with Gasteiger partial charge in [0.2, 0.25) is 6.29 Å². The van der Waals surface area contributed by atoms with Gasteiger partial charge >= 0.3 is 11.9 Å². The molecule has 15 aliphatic rings. The lowest BCUT2D eigenvalue weighted by atomic mass is 9.33. The summed E-state index contributed by atoms with van der Waals surface area (Å²) in [4.78, 5) is 84.5. The number of carbonyl (C=O) groups excluding carboxylic acids is 6. The van der Waals surface area contributed by atoms with Gasteiger partial charge < -0.3 is 212 Å². The Morgan fingerprint density at radius 3 is 1.50 bits per heavy atom. The topological polar surface area (TPSA) is 738 Å². The van der Waals surface area contributed by atoms with Crippen LogP contribution in [-0.4, -0.2) is 469 Å². The van der Waals surface area contributed by atoms with E-state index in [1.807, 2.05) is 13.8 Å². The summed E-state index contributed by atoms with van der Waals surface area (Å²) in [6.07, 6.45) is -74.2. The van der Waals surface area contributed by atoms with Gasteiger partial charge in [-0.2, -0.15) is 0 Å². The maximum atomic E-state index is 16.4. The van der Waals surface area contributed by atoms with Gasteiger partial charge in [0.1, 0.15) is 171 Å². The van der Waals surface area contributed by atoms with E-state index in [0.717, 1.165) is 35.8 Å². The molecule has 0 bridgehead atoms. The summed E-state index contributed by atoms with van der Waals surface area (Å²) < 4.78 is 116. The van der Waals surface area contributed by atoms with Crippen LogP contribution < -0.4 is 5.32 Å². The fourth-order valence-corrected chi connectivity index (χ4v) is 24.4. The summed E-state index contributed by atoms with van der Waals surface area (Å²) in [5, 5.41) is 252. The lowest BCUT2D eigenvalue weighted by Crippen LogP contribution is -2.70. The average molecular weight is 1990 g/mol. The first kappa shape index (κ1) is 107. The minimum Gasteiger partial charge on any atom is -0.457 e. The van der Waals surface area contributed by atoms with Crippen molar-refractivity contribution in [1.29, 1.82) is 0 Å². The molecule has 49 nitrogen and oxygen atoms in total. The lowest BCUT2D eigenvalue weighted by molar-refractivity contribution is -0.392. The van der Waals surface area contributed by atoms with Crippen molar-refractivity contribution in [1.82, 2.24) is 10.2 Å². The third-order valence-electron chi connectivity index (χ3n) is 32.3. The molecule has 52 atom stereocenters.